The molecule has 0 saturated heterocycles. The molecule has 0 spiro atoms. The minimum atomic E-state index is -4.11. The normalized spacial score (nSPS) is 10.5. The molecule has 0 radical (unpaired) electrons. The Morgan fingerprint density at radius 2 is 1.81 bits per heavy atom. The van der Waals surface area contributed by atoms with Gasteiger partial charge in [-0.25, -0.2) is 8.42 Å². The number of carbonyl (C=O) groups excluding carboxylic acids is 1. The smallest absolute Gasteiger partial charge is 0.264 e. The van der Waals surface area contributed by atoms with Crippen molar-refractivity contribution in [1.82, 2.24) is 0 Å². The Kier molecular flexibility index (Phi) is 4.22. The maximum atomic E-state index is 12.0. The zero-order valence-corrected chi connectivity index (χ0v) is 11.5. The van der Waals surface area contributed by atoms with E-state index in [-0.39, 0.29) is 10.5 Å². The van der Waals surface area contributed by atoms with Crippen LogP contribution in [0.5, 0.6) is 0 Å². The fraction of sp³-hybridized carbons (Fsp3) is 0. The topological polar surface area (TPSA) is 112 Å². The third kappa shape index (κ3) is 3.59. The zero-order chi connectivity index (χ0) is 15.3. The fourth-order valence-corrected chi connectivity index (χ4v) is 2.33. The standard InChI is InChI=1S/C13H10N4O3S/c14-16-17-21(19,20)12-8-4-5-10(9-12)13(18)15-11-6-2-1-3-7-11/h1-9H,(H,15,18). The van der Waals surface area contributed by atoms with Gasteiger partial charge in [-0.1, -0.05) is 24.3 Å². The van der Waals surface area contributed by atoms with Crippen LogP contribution < -0.4 is 5.32 Å². The summed E-state index contributed by atoms with van der Waals surface area (Å²) in [6.07, 6.45) is 0. The molecular weight excluding hydrogens is 292 g/mol. The summed E-state index contributed by atoms with van der Waals surface area (Å²) in [6.45, 7) is 0. The first-order chi connectivity index (χ1) is 10.0. The van der Waals surface area contributed by atoms with E-state index in [1.165, 1.54) is 18.2 Å². The van der Waals surface area contributed by atoms with Crippen LogP contribution in [0.4, 0.5) is 5.69 Å². The van der Waals surface area contributed by atoms with Gasteiger partial charge in [-0.2, -0.15) is 0 Å². The molecule has 0 aromatic heterocycles. The number of hydrogen-bond acceptors (Lipinski definition) is 3. The molecule has 0 unspecified atom stereocenters. The molecule has 2 aromatic carbocycles. The van der Waals surface area contributed by atoms with E-state index in [0.717, 1.165) is 6.07 Å². The van der Waals surface area contributed by atoms with E-state index in [1.807, 2.05) is 6.07 Å². The molecule has 0 saturated carbocycles. The highest BCUT2D eigenvalue weighted by molar-refractivity contribution is 7.90. The van der Waals surface area contributed by atoms with E-state index in [0.29, 0.717) is 5.69 Å². The van der Waals surface area contributed by atoms with Gasteiger partial charge in [0, 0.05) is 20.7 Å². The molecule has 0 heterocycles. The van der Waals surface area contributed by atoms with Crippen molar-refractivity contribution in [3.05, 3.63) is 70.6 Å². The van der Waals surface area contributed by atoms with Gasteiger partial charge in [0.05, 0.1) is 4.90 Å². The number of nitrogens with one attached hydrogen (secondary N) is 1. The SMILES string of the molecule is [N-]=[N+]=NS(=O)(=O)c1cccc(C(=O)Nc2ccccc2)c1. The Morgan fingerprint density at radius 1 is 1.10 bits per heavy atom. The maximum Gasteiger partial charge on any atom is 0.264 e. The van der Waals surface area contributed by atoms with Crippen LogP contribution in [0.25, 0.3) is 10.4 Å². The molecule has 2 rings (SSSR count). The van der Waals surface area contributed by atoms with Crippen LogP contribution in [0.3, 0.4) is 0 Å². The number of carbonyl (C=O) groups is 1. The molecule has 0 aliphatic carbocycles. The molecule has 0 aliphatic rings. The first kappa shape index (κ1) is 14.6. The van der Waals surface area contributed by atoms with E-state index in [9.17, 15) is 13.2 Å². The lowest BCUT2D eigenvalue weighted by Gasteiger charge is -2.06. The van der Waals surface area contributed by atoms with E-state index in [2.05, 4.69) is 14.7 Å². The fourth-order valence-electron chi connectivity index (χ4n) is 1.62. The second-order valence-corrected chi connectivity index (χ2v) is 5.58. The van der Waals surface area contributed by atoms with Crippen molar-refractivity contribution in [3.8, 4) is 0 Å². The number of hydrogen-bond donors (Lipinski definition) is 1. The molecule has 106 valence electrons. The number of nitrogens with zero attached hydrogens (tertiary/aromatic N) is 3. The quantitative estimate of drug-likeness (QED) is 0.532. The van der Waals surface area contributed by atoms with Crippen LogP contribution in [-0.2, 0) is 10.0 Å². The van der Waals surface area contributed by atoms with E-state index >= 15 is 0 Å². The molecule has 0 atom stereocenters. The van der Waals surface area contributed by atoms with Gasteiger partial charge in [-0.15, -0.1) is 0 Å². The van der Waals surface area contributed by atoms with Crippen LogP contribution in [0.15, 0.2) is 64.0 Å². The number of sulfonamides is 1. The first-order valence-electron chi connectivity index (χ1n) is 5.81. The van der Waals surface area contributed by atoms with Crippen LogP contribution in [0.2, 0.25) is 0 Å². The Labute approximate surface area is 120 Å². The minimum absolute atomic E-state index is 0.146. The molecule has 8 heteroatoms. The Morgan fingerprint density at radius 3 is 2.48 bits per heavy atom. The molecule has 21 heavy (non-hydrogen) atoms. The third-order valence-electron chi connectivity index (χ3n) is 2.57. The van der Waals surface area contributed by atoms with Crippen LogP contribution >= 0.6 is 0 Å². The lowest BCUT2D eigenvalue weighted by Crippen LogP contribution is -2.12. The first-order valence-corrected chi connectivity index (χ1v) is 7.25. The van der Waals surface area contributed by atoms with Gasteiger partial charge in [-0.3, -0.25) is 4.79 Å². The molecule has 0 bridgehead atoms. The summed E-state index contributed by atoms with van der Waals surface area (Å²) in [5.74, 6) is -0.459. The van der Waals surface area contributed by atoms with Gasteiger partial charge < -0.3 is 5.32 Å². The van der Waals surface area contributed by atoms with Gasteiger partial charge in [0.25, 0.3) is 15.9 Å². The number of benzene rings is 2. The Bertz CT molecular complexity index is 812. The number of rotatable bonds is 4. The summed E-state index contributed by atoms with van der Waals surface area (Å²) in [6, 6.07) is 14.0. The van der Waals surface area contributed by atoms with Crippen molar-refractivity contribution < 1.29 is 13.2 Å². The monoisotopic (exact) mass is 302 g/mol. The van der Waals surface area contributed by atoms with Gasteiger partial charge in [-0.05, 0) is 35.9 Å². The molecule has 2 aromatic rings. The van der Waals surface area contributed by atoms with Crippen molar-refractivity contribution in [2.45, 2.75) is 4.90 Å². The van der Waals surface area contributed by atoms with Crippen molar-refractivity contribution in [2.24, 2.45) is 4.52 Å². The van der Waals surface area contributed by atoms with Gasteiger partial charge in [0.1, 0.15) is 0 Å². The second kappa shape index (κ2) is 6.08. The van der Waals surface area contributed by atoms with Crippen molar-refractivity contribution in [3.63, 3.8) is 0 Å². The highest BCUT2D eigenvalue weighted by Gasteiger charge is 2.14. The zero-order valence-electron chi connectivity index (χ0n) is 10.7. The number of azide groups is 1. The molecule has 0 aliphatic heterocycles. The van der Waals surface area contributed by atoms with E-state index < -0.39 is 15.9 Å². The third-order valence-corrected chi connectivity index (χ3v) is 3.71. The lowest BCUT2D eigenvalue weighted by molar-refractivity contribution is 0.102. The molecule has 1 amide bonds. The van der Waals surface area contributed by atoms with E-state index in [1.54, 1.807) is 24.3 Å². The highest BCUT2D eigenvalue weighted by atomic mass is 32.2. The predicted molar refractivity (Wildman–Crippen MR) is 77.2 cm³/mol. The van der Waals surface area contributed by atoms with Gasteiger partial charge in [0.2, 0.25) is 0 Å². The average molecular weight is 302 g/mol. The summed E-state index contributed by atoms with van der Waals surface area (Å²) < 4.78 is 26.0. The van der Waals surface area contributed by atoms with Crippen LogP contribution in [0, 0.1) is 0 Å². The number of amides is 1. The average Bonchev–Trinajstić information content (AvgIpc) is 2.48. The van der Waals surface area contributed by atoms with E-state index in [4.69, 9.17) is 5.53 Å². The molecule has 0 fully saturated rings. The van der Waals surface area contributed by atoms with Gasteiger partial charge in [0.15, 0.2) is 0 Å². The highest BCUT2D eigenvalue weighted by Crippen LogP contribution is 2.16. The van der Waals surface area contributed by atoms with Crippen LogP contribution in [-0.4, -0.2) is 14.3 Å². The largest absolute Gasteiger partial charge is 0.322 e. The summed E-state index contributed by atoms with van der Waals surface area (Å²) in [4.78, 5) is 14.1. The maximum absolute atomic E-state index is 12.0. The second-order valence-electron chi connectivity index (χ2n) is 3.99. The Hall–Kier alpha value is -2.83. The summed E-state index contributed by atoms with van der Waals surface area (Å²) in [5.41, 5.74) is 8.97. The van der Waals surface area contributed by atoms with Crippen molar-refractivity contribution in [1.29, 1.82) is 0 Å². The molecular formula is C13H10N4O3S. The summed E-state index contributed by atoms with van der Waals surface area (Å²) >= 11 is 0. The van der Waals surface area contributed by atoms with Crippen molar-refractivity contribution in [2.75, 3.05) is 5.32 Å². The van der Waals surface area contributed by atoms with Crippen molar-refractivity contribution >= 4 is 21.6 Å². The lowest BCUT2D eigenvalue weighted by atomic mass is 10.2. The molecule has 1 N–H and O–H groups in total. The summed E-state index contributed by atoms with van der Waals surface area (Å²) in [7, 11) is -4.11. The predicted octanol–water partition coefficient (Wildman–Crippen LogP) is 2.94. The van der Waals surface area contributed by atoms with Crippen LogP contribution in [0.1, 0.15) is 10.4 Å². The summed E-state index contributed by atoms with van der Waals surface area (Å²) in [5, 5.41) is 2.63. The number of para-hydroxylation sites is 1. The Balaban J connectivity index is 2.29. The van der Waals surface area contributed by atoms with Gasteiger partial charge >= 0.3 is 0 Å². The number of anilines is 1. The molecule has 7 nitrogen and oxygen atoms in total. The minimum Gasteiger partial charge on any atom is -0.322 e.